The highest BCUT2D eigenvalue weighted by Gasteiger charge is 2.42. The predicted molar refractivity (Wildman–Crippen MR) is 77.2 cm³/mol. The lowest BCUT2D eigenvalue weighted by atomic mass is 10.0. The molecule has 0 amide bonds. The highest BCUT2D eigenvalue weighted by Crippen LogP contribution is 2.36. The van der Waals surface area contributed by atoms with E-state index in [1.165, 1.54) is 16.4 Å². The number of aliphatic hydroxyl groups excluding tert-OH is 1. The highest BCUT2D eigenvalue weighted by molar-refractivity contribution is 9.10. The Morgan fingerprint density at radius 1 is 1.45 bits per heavy atom. The molecule has 1 heterocycles. The third-order valence-corrected chi connectivity index (χ3v) is 6.21. The van der Waals surface area contributed by atoms with Crippen molar-refractivity contribution >= 4 is 26.0 Å². The van der Waals surface area contributed by atoms with Crippen LogP contribution in [0.4, 0.5) is 4.39 Å². The van der Waals surface area contributed by atoms with E-state index in [9.17, 15) is 12.8 Å². The van der Waals surface area contributed by atoms with Crippen molar-refractivity contribution in [2.24, 2.45) is 0 Å². The molecule has 20 heavy (non-hydrogen) atoms. The first-order chi connectivity index (χ1) is 9.20. The van der Waals surface area contributed by atoms with E-state index in [1.807, 2.05) is 13.8 Å². The number of halogens is 2. The van der Waals surface area contributed by atoms with Gasteiger partial charge in [0.2, 0.25) is 10.0 Å². The van der Waals surface area contributed by atoms with Crippen molar-refractivity contribution in [2.75, 3.05) is 6.54 Å². The van der Waals surface area contributed by atoms with Gasteiger partial charge in [-0.2, -0.15) is 4.31 Å². The van der Waals surface area contributed by atoms with Crippen LogP contribution in [-0.4, -0.2) is 29.9 Å². The Kier molecular flexibility index (Phi) is 4.26. The maximum absolute atomic E-state index is 14.3. The number of sulfonamides is 1. The Bertz CT molecular complexity index is 631. The van der Waals surface area contributed by atoms with Gasteiger partial charge in [0.05, 0.1) is 6.61 Å². The summed E-state index contributed by atoms with van der Waals surface area (Å²) in [4.78, 5) is -0.383. The lowest BCUT2D eigenvalue weighted by molar-refractivity contribution is 0.273. The van der Waals surface area contributed by atoms with Crippen molar-refractivity contribution in [1.82, 2.24) is 4.31 Å². The molecule has 1 aliphatic heterocycles. The van der Waals surface area contributed by atoms with Crippen LogP contribution < -0.4 is 0 Å². The van der Waals surface area contributed by atoms with Crippen molar-refractivity contribution in [3.05, 3.63) is 28.0 Å². The Morgan fingerprint density at radius 3 is 2.60 bits per heavy atom. The quantitative estimate of drug-likeness (QED) is 0.895. The molecule has 1 saturated heterocycles. The van der Waals surface area contributed by atoms with Crippen LogP contribution in [-0.2, 0) is 16.6 Å². The summed E-state index contributed by atoms with van der Waals surface area (Å²) in [6.07, 6.45) is 1.50. The van der Waals surface area contributed by atoms with Gasteiger partial charge in [0.1, 0.15) is 10.7 Å². The first-order valence-corrected chi connectivity index (χ1v) is 8.55. The van der Waals surface area contributed by atoms with E-state index < -0.39 is 28.0 Å². The first kappa shape index (κ1) is 15.9. The van der Waals surface area contributed by atoms with Gasteiger partial charge in [0.15, 0.2) is 0 Å². The summed E-state index contributed by atoms with van der Waals surface area (Å²) in [5.74, 6) is -0.876. The zero-order valence-electron chi connectivity index (χ0n) is 11.4. The Morgan fingerprint density at radius 2 is 2.10 bits per heavy atom. The van der Waals surface area contributed by atoms with Gasteiger partial charge in [-0.1, -0.05) is 15.9 Å². The predicted octanol–water partition coefficient (Wildman–Crippen LogP) is 2.64. The molecule has 4 nitrogen and oxygen atoms in total. The largest absolute Gasteiger partial charge is 0.392 e. The number of benzene rings is 1. The molecule has 1 aromatic carbocycles. The molecule has 0 saturated carbocycles. The molecule has 0 atom stereocenters. The van der Waals surface area contributed by atoms with Crippen molar-refractivity contribution in [3.63, 3.8) is 0 Å². The molecular weight excluding hydrogens is 349 g/mol. The normalized spacial score (nSPS) is 19.4. The number of rotatable bonds is 3. The molecule has 0 radical (unpaired) electrons. The minimum Gasteiger partial charge on any atom is -0.392 e. The second kappa shape index (κ2) is 5.36. The summed E-state index contributed by atoms with van der Waals surface area (Å²) in [6, 6.07) is 2.63. The van der Waals surface area contributed by atoms with Crippen molar-refractivity contribution in [2.45, 2.75) is 43.7 Å². The molecule has 1 fully saturated rings. The van der Waals surface area contributed by atoms with Gasteiger partial charge < -0.3 is 5.11 Å². The SMILES string of the molecule is CC1(C)CCCN1S(=O)(=O)c1cc(Br)cc(CO)c1F. The van der Waals surface area contributed by atoms with E-state index in [1.54, 1.807) is 0 Å². The maximum Gasteiger partial charge on any atom is 0.246 e. The molecule has 0 unspecified atom stereocenters. The minimum absolute atomic E-state index is 0.0325. The number of nitrogens with zero attached hydrogens (tertiary/aromatic N) is 1. The number of hydrogen-bond acceptors (Lipinski definition) is 3. The summed E-state index contributed by atoms with van der Waals surface area (Å²) in [7, 11) is -3.91. The molecule has 1 aliphatic rings. The first-order valence-electron chi connectivity index (χ1n) is 6.32. The molecule has 0 spiro atoms. The second-order valence-electron chi connectivity index (χ2n) is 5.53. The monoisotopic (exact) mass is 365 g/mol. The van der Waals surface area contributed by atoms with Crippen LogP contribution in [0.1, 0.15) is 32.3 Å². The fourth-order valence-electron chi connectivity index (χ4n) is 2.57. The van der Waals surface area contributed by atoms with E-state index in [0.717, 1.165) is 12.8 Å². The molecule has 7 heteroatoms. The molecule has 1 aromatic rings. The summed E-state index contributed by atoms with van der Waals surface area (Å²) in [5, 5.41) is 9.13. The molecule has 0 aliphatic carbocycles. The van der Waals surface area contributed by atoms with Gasteiger partial charge in [-0.25, -0.2) is 12.8 Å². The third-order valence-electron chi connectivity index (χ3n) is 3.64. The smallest absolute Gasteiger partial charge is 0.246 e. The van der Waals surface area contributed by atoms with Crippen LogP contribution in [0.3, 0.4) is 0 Å². The van der Waals surface area contributed by atoms with Gasteiger partial charge in [-0.05, 0) is 38.8 Å². The maximum atomic E-state index is 14.3. The zero-order chi connectivity index (χ0) is 15.1. The lowest BCUT2D eigenvalue weighted by Gasteiger charge is -2.30. The third kappa shape index (κ3) is 2.64. The van der Waals surface area contributed by atoms with Crippen LogP contribution in [0, 0.1) is 5.82 Å². The summed E-state index contributed by atoms with van der Waals surface area (Å²) < 4.78 is 41.4. The molecule has 112 valence electrons. The lowest BCUT2D eigenvalue weighted by Crippen LogP contribution is -2.42. The van der Waals surface area contributed by atoms with E-state index in [0.29, 0.717) is 11.0 Å². The van der Waals surface area contributed by atoms with E-state index in [-0.39, 0.29) is 10.5 Å². The van der Waals surface area contributed by atoms with Crippen molar-refractivity contribution in [3.8, 4) is 0 Å². The van der Waals surface area contributed by atoms with Crippen molar-refractivity contribution in [1.29, 1.82) is 0 Å². The van der Waals surface area contributed by atoms with Gasteiger partial charge in [-0.3, -0.25) is 0 Å². The van der Waals surface area contributed by atoms with Gasteiger partial charge in [-0.15, -0.1) is 0 Å². The van der Waals surface area contributed by atoms with Crippen LogP contribution in [0.25, 0.3) is 0 Å². The molecule has 1 N–H and O–H groups in total. The number of aliphatic hydroxyl groups is 1. The van der Waals surface area contributed by atoms with Crippen molar-refractivity contribution < 1.29 is 17.9 Å². The highest BCUT2D eigenvalue weighted by atomic mass is 79.9. The Labute approximate surface area is 126 Å². The van der Waals surface area contributed by atoms with Crippen LogP contribution in [0.2, 0.25) is 0 Å². The molecule has 2 rings (SSSR count). The summed E-state index contributed by atoms with van der Waals surface area (Å²) in [5.41, 5.74) is -0.553. The van der Waals surface area contributed by atoms with Crippen LogP contribution in [0.15, 0.2) is 21.5 Å². The van der Waals surface area contributed by atoms with Gasteiger partial charge in [0.25, 0.3) is 0 Å². The van der Waals surface area contributed by atoms with E-state index in [2.05, 4.69) is 15.9 Å². The average molecular weight is 366 g/mol. The Balaban J connectivity index is 2.58. The van der Waals surface area contributed by atoms with Gasteiger partial charge >= 0.3 is 0 Å². The van der Waals surface area contributed by atoms with E-state index >= 15 is 0 Å². The average Bonchev–Trinajstić information content (AvgIpc) is 2.71. The molecular formula is C13H17BrFNO3S. The zero-order valence-corrected chi connectivity index (χ0v) is 13.8. The fourth-order valence-corrected chi connectivity index (χ4v) is 5.21. The molecule has 0 aromatic heterocycles. The summed E-state index contributed by atoms with van der Waals surface area (Å²) >= 11 is 3.16. The minimum atomic E-state index is -3.91. The van der Waals surface area contributed by atoms with E-state index in [4.69, 9.17) is 5.11 Å². The fraction of sp³-hybridized carbons (Fsp3) is 0.538. The summed E-state index contributed by atoms with van der Waals surface area (Å²) in [6.45, 7) is 3.51. The topological polar surface area (TPSA) is 57.6 Å². The van der Waals surface area contributed by atoms with Crippen LogP contribution in [0.5, 0.6) is 0 Å². The number of hydrogen-bond donors (Lipinski definition) is 1. The molecule has 0 bridgehead atoms. The Hall–Kier alpha value is -0.500. The standard InChI is InChI=1S/C13H17BrFNO3S/c1-13(2)4-3-5-16(13)20(18,19)11-7-10(14)6-9(8-17)12(11)15/h6-7,17H,3-5,8H2,1-2H3. The second-order valence-corrected chi connectivity index (χ2v) is 8.27. The van der Waals surface area contributed by atoms with Gasteiger partial charge in [0, 0.05) is 22.1 Å². The van der Waals surface area contributed by atoms with Crippen LogP contribution >= 0.6 is 15.9 Å².